The predicted molar refractivity (Wildman–Crippen MR) is 76.8 cm³/mol. The summed E-state index contributed by atoms with van der Waals surface area (Å²) in [6.45, 7) is 9.55. The van der Waals surface area contributed by atoms with E-state index >= 15 is 0 Å². The first-order chi connectivity index (χ1) is 9.15. The maximum atomic E-state index is 4.62. The second-order valence-electron chi connectivity index (χ2n) is 5.61. The Hall–Kier alpha value is -1.62. The number of rotatable bonds is 2. The molecule has 2 aromatic rings. The lowest BCUT2D eigenvalue weighted by atomic mass is 10.1. The molecule has 0 aromatic carbocycles. The molecule has 0 amide bonds. The van der Waals surface area contributed by atoms with Crippen molar-refractivity contribution in [3.8, 4) is 0 Å². The summed E-state index contributed by atoms with van der Waals surface area (Å²) >= 11 is 0. The molecule has 0 aliphatic carbocycles. The molecule has 2 aromatic heterocycles. The van der Waals surface area contributed by atoms with Crippen LogP contribution in [0.3, 0.4) is 0 Å². The van der Waals surface area contributed by atoms with E-state index in [1.165, 1.54) is 0 Å². The topological polar surface area (TPSA) is 45.5 Å². The molecule has 102 valence electrons. The molecule has 1 atom stereocenters. The molecule has 5 nitrogen and oxygen atoms in total. The van der Waals surface area contributed by atoms with E-state index in [1.807, 2.05) is 16.9 Å². The van der Waals surface area contributed by atoms with Crippen molar-refractivity contribution in [2.45, 2.75) is 32.7 Å². The smallest absolute Gasteiger partial charge is 0.154 e. The van der Waals surface area contributed by atoms with Crippen LogP contribution in [0.4, 0.5) is 5.82 Å². The van der Waals surface area contributed by atoms with Crippen molar-refractivity contribution in [1.82, 2.24) is 19.9 Å². The lowest BCUT2D eigenvalue weighted by Gasteiger charge is -2.32. The number of nitrogens with one attached hydrogen (secondary N) is 1. The van der Waals surface area contributed by atoms with E-state index in [2.05, 4.69) is 47.1 Å². The summed E-state index contributed by atoms with van der Waals surface area (Å²) in [5.41, 5.74) is 2.23. The van der Waals surface area contributed by atoms with Gasteiger partial charge < -0.3 is 10.2 Å². The maximum Gasteiger partial charge on any atom is 0.154 e. The largest absolute Gasteiger partial charge is 0.352 e. The lowest BCUT2D eigenvalue weighted by Crippen LogP contribution is -2.49. The van der Waals surface area contributed by atoms with Crippen molar-refractivity contribution < 1.29 is 0 Å². The zero-order valence-corrected chi connectivity index (χ0v) is 11.8. The molecule has 0 saturated carbocycles. The Balaban J connectivity index is 2.02. The Labute approximate surface area is 113 Å². The third kappa shape index (κ3) is 2.30. The van der Waals surface area contributed by atoms with Gasteiger partial charge in [-0.1, -0.05) is 13.8 Å². The minimum absolute atomic E-state index is 0.440. The summed E-state index contributed by atoms with van der Waals surface area (Å²) in [7, 11) is 0. The molecule has 5 heteroatoms. The average Bonchev–Trinajstić information content (AvgIpc) is 2.82. The van der Waals surface area contributed by atoms with E-state index in [4.69, 9.17) is 0 Å². The standard InChI is InChI=1S/C14H21N5/c1-10(2)12-8-13-14(16-5-7-19(13)17-12)18-6-4-15-11(3)9-18/h5,7-8,10-11,15H,4,6,9H2,1-3H3/t11-/m1/s1. The Morgan fingerprint density at radius 1 is 1.42 bits per heavy atom. The van der Waals surface area contributed by atoms with Crippen molar-refractivity contribution >= 4 is 11.3 Å². The van der Waals surface area contributed by atoms with Gasteiger partial charge in [-0.15, -0.1) is 0 Å². The fourth-order valence-corrected chi connectivity index (χ4v) is 2.58. The van der Waals surface area contributed by atoms with E-state index in [9.17, 15) is 0 Å². The summed E-state index contributed by atoms with van der Waals surface area (Å²) in [5.74, 6) is 1.49. The average molecular weight is 259 g/mol. The second kappa shape index (κ2) is 4.81. The number of anilines is 1. The van der Waals surface area contributed by atoms with Gasteiger partial charge in [-0.05, 0) is 18.9 Å². The highest BCUT2D eigenvalue weighted by molar-refractivity contribution is 5.69. The van der Waals surface area contributed by atoms with Gasteiger partial charge in [-0.25, -0.2) is 9.50 Å². The van der Waals surface area contributed by atoms with Crippen molar-refractivity contribution in [2.75, 3.05) is 24.5 Å². The molecule has 0 unspecified atom stereocenters. The highest BCUT2D eigenvalue weighted by Crippen LogP contribution is 2.23. The quantitative estimate of drug-likeness (QED) is 0.891. The first kappa shape index (κ1) is 12.4. The minimum atomic E-state index is 0.440. The van der Waals surface area contributed by atoms with Crippen LogP contribution in [0.25, 0.3) is 5.52 Å². The van der Waals surface area contributed by atoms with E-state index in [-0.39, 0.29) is 0 Å². The molecular weight excluding hydrogens is 238 g/mol. The van der Waals surface area contributed by atoms with Gasteiger partial charge in [0, 0.05) is 38.1 Å². The van der Waals surface area contributed by atoms with E-state index in [0.717, 1.165) is 36.7 Å². The Kier molecular flexibility index (Phi) is 3.14. The van der Waals surface area contributed by atoms with Gasteiger partial charge in [0.05, 0.1) is 5.69 Å². The summed E-state index contributed by atoms with van der Waals surface area (Å²) in [5, 5.41) is 8.08. The van der Waals surface area contributed by atoms with Gasteiger partial charge in [0.2, 0.25) is 0 Å². The third-order valence-corrected chi connectivity index (χ3v) is 3.65. The predicted octanol–water partition coefficient (Wildman–Crippen LogP) is 1.65. The molecule has 1 saturated heterocycles. The Morgan fingerprint density at radius 2 is 2.26 bits per heavy atom. The van der Waals surface area contributed by atoms with Gasteiger partial charge in [0.25, 0.3) is 0 Å². The Bertz CT molecular complexity index is 574. The van der Waals surface area contributed by atoms with Crippen LogP contribution in [-0.4, -0.2) is 40.3 Å². The van der Waals surface area contributed by atoms with Crippen molar-refractivity contribution in [3.63, 3.8) is 0 Å². The second-order valence-corrected chi connectivity index (χ2v) is 5.61. The molecule has 3 heterocycles. The van der Waals surface area contributed by atoms with Gasteiger partial charge in [-0.2, -0.15) is 5.10 Å². The van der Waals surface area contributed by atoms with E-state index in [1.54, 1.807) is 0 Å². The van der Waals surface area contributed by atoms with Crippen LogP contribution in [0.15, 0.2) is 18.5 Å². The van der Waals surface area contributed by atoms with Crippen LogP contribution in [0.1, 0.15) is 32.4 Å². The SMILES string of the molecule is CC(C)c1cc2c(N3CCN[C@H](C)C3)nccn2n1. The van der Waals surface area contributed by atoms with Crippen molar-refractivity contribution in [2.24, 2.45) is 0 Å². The van der Waals surface area contributed by atoms with Gasteiger partial charge in [0.15, 0.2) is 5.82 Å². The molecule has 1 N–H and O–H groups in total. The number of aromatic nitrogens is 3. The number of nitrogens with zero attached hydrogens (tertiary/aromatic N) is 4. The summed E-state index contributed by atoms with van der Waals surface area (Å²) in [4.78, 5) is 6.92. The molecule has 0 radical (unpaired) electrons. The highest BCUT2D eigenvalue weighted by Gasteiger charge is 2.20. The zero-order valence-electron chi connectivity index (χ0n) is 11.8. The molecule has 1 aliphatic heterocycles. The molecule has 3 rings (SSSR count). The molecule has 19 heavy (non-hydrogen) atoms. The number of hydrogen-bond donors (Lipinski definition) is 1. The molecule has 0 bridgehead atoms. The van der Waals surface area contributed by atoms with Crippen LogP contribution in [-0.2, 0) is 0 Å². The number of piperazine rings is 1. The van der Waals surface area contributed by atoms with Crippen molar-refractivity contribution in [1.29, 1.82) is 0 Å². The van der Waals surface area contributed by atoms with Crippen molar-refractivity contribution in [3.05, 3.63) is 24.2 Å². The fraction of sp³-hybridized carbons (Fsp3) is 0.571. The summed E-state index contributed by atoms with van der Waals surface area (Å²) in [6, 6.07) is 2.67. The number of hydrogen-bond acceptors (Lipinski definition) is 4. The van der Waals surface area contributed by atoms with Gasteiger partial charge in [0.1, 0.15) is 5.52 Å². The maximum absolute atomic E-state index is 4.62. The molecule has 1 aliphatic rings. The summed E-state index contributed by atoms with van der Waals surface area (Å²) in [6.07, 6.45) is 3.77. The normalized spacial score (nSPS) is 20.4. The number of fused-ring (bicyclic) bond motifs is 1. The molecule has 0 spiro atoms. The van der Waals surface area contributed by atoms with Crippen LogP contribution in [0.2, 0.25) is 0 Å². The minimum Gasteiger partial charge on any atom is -0.352 e. The van der Waals surface area contributed by atoms with Crippen LogP contribution >= 0.6 is 0 Å². The monoisotopic (exact) mass is 259 g/mol. The van der Waals surface area contributed by atoms with Crippen LogP contribution in [0.5, 0.6) is 0 Å². The van der Waals surface area contributed by atoms with E-state index in [0.29, 0.717) is 12.0 Å². The lowest BCUT2D eigenvalue weighted by molar-refractivity contribution is 0.482. The van der Waals surface area contributed by atoms with Crippen LogP contribution < -0.4 is 10.2 Å². The van der Waals surface area contributed by atoms with Gasteiger partial charge >= 0.3 is 0 Å². The van der Waals surface area contributed by atoms with Gasteiger partial charge in [-0.3, -0.25) is 0 Å². The highest BCUT2D eigenvalue weighted by atomic mass is 15.3. The van der Waals surface area contributed by atoms with Crippen LogP contribution in [0, 0.1) is 0 Å². The fourth-order valence-electron chi connectivity index (χ4n) is 2.58. The summed E-state index contributed by atoms with van der Waals surface area (Å²) < 4.78 is 1.95. The first-order valence-electron chi connectivity index (χ1n) is 6.98. The molecule has 1 fully saturated rings. The zero-order chi connectivity index (χ0) is 13.4. The van der Waals surface area contributed by atoms with E-state index < -0.39 is 0 Å². The first-order valence-corrected chi connectivity index (χ1v) is 6.98. The molecular formula is C14H21N5. The Morgan fingerprint density at radius 3 is 3.00 bits per heavy atom. The third-order valence-electron chi connectivity index (χ3n) is 3.65.